The predicted molar refractivity (Wildman–Crippen MR) is 63.3 cm³/mol. The van der Waals surface area contributed by atoms with Crippen LogP contribution in [0.5, 0.6) is 0 Å². The molecule has 0 aromatic rings. The molecule has 0 aromatic heterocycles. The Kier molecular flexibility index (Phi) is 5.82. The highest BCUT2D eigenvalue weighted by Crippen LogP contribution is 2.21. The van der Waals surface area contributed by atoms with E-state index in [0.29, 0.717) is 6.10 Å². The van der Waals surface area contributed by atoms with E-state index in [-0.39, 0.29) is 0 Å². The molecular formula is C11H24O3Si. The molecule has 0 spiro atoms. The van der Waals surface area contributed by atoms with Crippen LogP contribution in [0.25, 0.3) is 0 Å². The number of ether oxygens (including phenoxy) is 1. The van der Waals surface area contributed by atoms with Gasteiger partial charge in [0.25, 0.3) is 0 Å². The first-order valence-corrected chi connectivity index (χ1v) is 8.62. The number of hydrogen-bond acceptors (Lipinski definition) is 3. The molecule has 0 bridgehead atoms. The lowest BCUT2D eigenvalue weighted by atomic mass is 10.2. The van der Waals surface area contributed by atoms with E-state index in [1.807, 2.05) is 13.8 Å². The van der Waals surface area contributed by atoms with Gasteiger partial charge in [0, 0.05) is 13.2 Å². The Balaban J connectivity index is 2.11. The maximum atomic E-state index is 5.78. The number of rotatable bonds is 9. The minimum Gasteiger partial charge on any atom is -0.395 e. The second-order valence-electron chi connectivity index (χ2n) is 4.20. The molecular weight excluding hydrogens is 208 g/mol. The monoisotopic (exact) mass is 232 g/mol. The van der Waals surface area contributed by atoms with E-state index in [1.54, 1.807) is 0 Å². The zero-order valence-electron chi connectivity index (χ0n) is 10.3. The fourth-order valence-electron chi connectivity index (χ4n) is 1.85. The van der Waals surface area contributed by atoms with Crippen LogP contribution in [-0.2, 0) is 13.6 Å². The third-order valence-electron chi connectivity index (χ3n) is 2.71. The lowest BCUT2D eigenvalue weighted by Gasteiger charge is -2.25. The first-order valence-electron chi connectivity index (χ1n) is 6.09. The van der Waals surface area contributed by atoms with E-state index < -0.39 is 8.56 Å². The van der Waals surface area contributed by atoms with Crippen LogP contribution in [0, 0.1) is 0 Å². The first kappa shape index (κ1) is 13.2. The zero-order chi connectivity index (χ0) is 11.1. The van der Waals surface area contributed by atoms with Crippen molar-refractivity contribution in [1.29, 1.82) is 0 Å². The summed E-state index contributed by atoms with van der Waals surface area (Å²) >= 11 is 0. The van der Waals surface area contributed by atoms with E-state index in [2.05, 4.69) is 6.55 Å². The van der Waals surface area contributed by atoms with Gasteiger partial charge in [0.15, 0.2) is 0 Å². The van der Waals surface area contributed by atoms with Crippen LogP contribution < -0.4 is 0 Å². The van der Waals surface area contributed by atoms with Gasteiger partial charge in [-0.05, 0) is 32.9 Å². The van der Waals surface area contributed by atoms with Crippen molar-refractivity contribution in [3.63, 3.8) is 0 Å². The number of hydrogen-bond donors (Lipinski definition) is 0. The Labute approximate surface area is 94.4 Å². The summed E-state index contributed by atoms with van der Waals surface area (Å²) < 4.78 is 16.7. The van der Waals surface area contributed by atoms with Gasteiger partial charge in [-0.1, -0.05) is 12.8 Å². The van der Waals surface area contributed by atoms with Crippen molar-refractivity contribution in [3.05, 3.63) is 0 Å². The molecule has 0 saturated carbocycles. The third kappa shape index (κ3) is 5.66. The molecule has 90 valence electrons. The molecule has 0 unspecified atom stereocenters. The molecule has 1 heterocycles. The fraction of sp³-hybridized carbons (Fsp3) is 1.00. The van der Waals surface area contributed by atoms with Gasteiger partial charge in [0.1, 0.15) is 0 Å². The van der Waals surface area contributed by atoms with Gasteiger partial charge in [0.05, 0.1) is 12.7 Å². The second kappa shape index (κ2) is 6.63. The molecule has 1 fully saturated rings. The second-order valence-corrected chi connectivity index (χ2v) is 7.55. The van der Waals surface area contributed by atoms with Gasteiger partial charge in [-0.15, -0.1) is 0 Å². The van der Waals surface area contributed by atoms with Gasteiger partial charge in [-0.2, -0.15) is 0 Å². The average molecular weight is 232 g/mol. The SMILES string of the molecule is CCO[Si](C)(CCCC[C@@H]1CO1)OCC. The summed E-state index contributed by atoms with van der Waals surface area (Å²) in [5.74, 6) is 0. The van der Waals surface area contributed by atoms with Crippen LogP contribution in [0.15, 0.2) is 0 Å². The van der Waals surface area contributed by atoms with Crippen LogP contribution in [0.3, 0.4) is 0 Å². The molecule has 0 aliphatic carbocycles. The summed E-state index contributed by atoms with van der Waals surface area (Å²) in [5, 5.41) is 0. The van der Waals surface area contributed by atoms with E-state index in [9.17, 15) is 0 Å². The van der Waals surface area contributed by atoms with Gasteiger partial charge >= 0.3 is 8.56 Å². The molecule has 1 aliphatic heterocycles. The van der Waals surface area contributed by atoms with Gasteiger partial charge in [-0.3, -0.25) is 0 Å². The molecule has 1 saturated heterocycles. The Morgan fingerprint density at radius 2 is 1.80 bits per heavy atom. The van der Waals surface area contributed by atoms with Crippen LogP contribution in [0.2, 0.25) is 12.6 Å². The summed E-state index contributed by atoms with van der Waals surface area (Å²) in [6.07, 6.45) is 4.23. The van der Waals surface area contributed by atoms with Crippen molar-refractivity contribution in [3.8, 4) is 0 Å². The average Bonchev–Trinajstić information content (AvgIpc) is 2.97. The Morgan fingerprint density at radius 1 is 1.20 bits per heavy atom. The van der Waals surface area contributed by atoms with E-state index in [4.69, 9.17) is 13.6 Å². The van der Waals surface area contributed by atoms with Crippen molar-refractivity contribution in [2.75, 3.05) is 19.8 Å². The number of epoxide rings is 1. The van der Waals surface area contributed by atoms with Crippen LogP contribution >= 0.6 is 0 Å². The van der Waals surface area contributed by atoms with Crippen molar-refractivity contribution in [1.82, 2.24) is 0 Å². The topological polar surface area (TPSA) is 31.0 Å². The third-order valence-corrected chi connectivity index (χ3v) is 5.77. The van der Waals surface area contributed by atoms with Crippen molar-refractivity contribution >= 4 is 8.56 Å². The smallest absolute Gasteiger partial charge is 0.334 e. The molecule has 3 nitrogen and oxygen atoms in total. The van der Waals surface area contributed by atoms with Crippen molar-refractivity contribution < 1.29 is 13.6 Å². The molecule has 0 radical (unpaired) electrons. The minimum absolute atomic E-state index is 0.567. The standard InChI is InChI=1S/C11H24O3Si/c1-4-13-15(3,14-5-2)9-7-6-8-11-10-12-11/h11H,4-10H2,1-3H3/t11-/m1/s1. The minimum atomic E-state index is -1.84. The molecule has 1 atom stereocenters. The fourth-order valence-corrected chi connectivity index (χ4v) is 4.34. The lowest BCUT2D eigenvalue weighted by molar-refractivity contribution is 0.188. The van der Waals surface area contributed by atoms with Crippen LogP contribution in [-0.4, -0.2) is 34.5 Å². The molecule has 4 heteroatoms. The highest BCUT2D eigenvalue weighted by atomic mass is 28.4. The molecule has 15 heavy (non-hydrogen) atoms. The molecule has 0 amide bonds. The quantitative estimate of drug-likeness (QED) is 0.348. The van der Waals surface area contributed by atoms with Gasteiger partial charge in [-0.25, -0.2) is 0 Å². The zero-order valence-corrected chi connectivity index (χ0v) is 11.3. The summed E-state index contributed by atoms with van der Waals surface area (Å²) in [7, 11) is -1.84. The molecule has 1 rings (SSSR count). The summed E-state index contributed by atoms with van der Waals surface area (Å²) in [5.41, 5.74) is 0. The van der Waals surface area contributed by atoms with Crippen LogP contribution in [0.4, 0.5) is 0 Å². The Morgan fingerprint density at radius 3 is 2.27 bits per heavy atom. The number of unbranched alkanes of at least 4 members (excludes halogenated alkanes) is 1. The summed E-state index contributed by atoms with van der Waals surface area (Å²) in [6.45, 7) is 8.78. The van der Waals surface area contributed by atoms with E-state index >= 15 is 0 Å². The summed E-state index contributed by atoms with van der Waals surface area (Å²) in [6, 6.07) is 1.11. The van der Waals surface area contributed by atoms with Gasteiger partial charge in [0.2, 0.25) is 0 Å². The molecule has 0 aromatic carbocycles. The first-order chi connectivity index (χ1) is 7.20. The lowest BCUT2D eigenvalue weighted by Crippen LogP contribution is -2.38. The maximum Gasteiger partial charge on any atom is 0.334 e. The largest absolute Gasteiger partial charge is 0.395 e. The van der Waals surface area contributed by atoms with Crippen LogP contribution in [0.1, 0.15) is 33.1 Å². The normalized spacial score (nSPS) is 20.6. The summed E-state index contributed by atoms with van der Waals surface area (Å²) in [4.78, 5) is 0. The van der Waals surface area contributed by atoms with E-state index in [0.717, 1.165) is 25.9 Å². The van der Waals surface area contributed by atoms with Crippen molar-refractivity contribution in [2.45, 2.75) is 51.8 Å². The Hall–Kier alpha value is 0.0969. The Bertz CT molecular complexity index is 165. The van der Waals surface area contributed by atoms with E-state index in [1.165, 1.54) is 19.3 Å². The predicted octanol–water partition coefficient (Wildman–Crippen LogP) is 2.70. The molecule has 1 aliphatic rings. The highest BCUT2D eigenvalue weighted by Gasteiger charge is 2.30. The van der Waals surface area contributed by atoms with Crippen molar-refractivity contribution in [2.24, 2.45) is 0 Å². The molecule has 0 N–H and O–H groups in total. The van der Waals surface area contributed by atoms with Gasteiger partial charge < -0.3 is 13.6 Å². The highest BCUT2D eigenvalue weighted by molar-refractivity contribution is 6.66. The maximum absolute atomic E-state index is 5.78.